The predicted molar refractivity (Wildman–Crippen MR) is 136 cm³/mol. The average Bonchev–Trinajstić information content (AvgIpc) is 2.88. The summed E-state index contributed by atoms with van der Waals surface area (Å²) >= 11 is 0. The lowest BCUT2D eigenvalue weighted by Crippen LogP contribution is -2.19. The van der Waals surface area contributed by atoms with Crippen LogP contribution in [0.1, 0.15) is 21.6 Å². The molecule has 0 spiro atoms. The summed E-state index contributed by atoms with van der Waals surface area (Å²) in [7, 11) is 0. The first kappa shape index (κ1) is 22.8. The summed E-state index contributed by atoms with van der Waals surface area (Å²) in [6, 6.07) is 20.6. The number of carbonyl (C=O) groups excluding carboxylic acids is 2. The lowest BCUT2D eigenvalue weighted by Gasteiger charge is -2.09. The molecule has 8 heteroatoms. The summed E-state index contributed by atoms with van der Waals surface area (Å²) in [5.41, 5.74) is 5.46. The molecule has 0 saturated carbocycles. The Morgan fingerprint density at radius 2 is 1.53 bits per heavy atom. The van der Waals surface area contributed by atoms with E-state index < -0.39 is 11.8 Å². The van der Waals surface area contributed by atoms with E-state index in [1.807, 2.05) is 19.1 Å². The van der Waals surface area contributed by atoms with E-state index in [0.29, 0.717) is 39.2 Å². The van der Waals surface area contributed by atoms with Gasteiger partial charge in [-0.25, -0.2) is 14.2 Å². The lowest BCUT2D eigenvalue weighted by atomic mass is 10.0. The molecule has 176 valence electrons. The number of nitrogens with one attached hydrogen (secondary N) is 2. The largest absolute Gasteiger partial charge is 0.323 e. The second kappa shape index (κ2) is 9.71. The highest BCUT2D eigenvalue weighted by molar-refractivity contribution is 6.10. The zero-order valence-electron chi connectivity index (χ0n) is 19.2. The molecule has 5 aromatic rings. The first-order valence-electron chi connectivity index (χ1n) is 11.1. The number of nitrogens with zero attached hydrogens (tertiary/aromatic N) is 3. The van der Waals surface area contributed by atoms with Crippen LogP contribution < -0.4 is 10.6 Å². The van der Waals surface area contributed by atoms with Crippen molar-refractivity contribution in [3.8, 4) is 11.3 Å². The highest BCUT2D eigenvalue weighted by atomic mass is 19.1. The number of carbonyl (C=O) groups is 2. The number of ketones is 1. The Balaban J connectivity index is 1.31. The van der Waals surface area contributed by atoms with Crippen molar-refractivity contribution in [3.05, 3.63) is 114 Å². The van der Waals surface area contributed by atoms with E-state index in [-0.39, 0.29) is 5.78 Å². The van der Waals surface area contributed by atoms with Gasteiger partial charge in [-0.2, -0.15) is 0 Å². The molecule has 0 unspecified atom stereocenters. The molecule has 0 aliphatic carbocycles. The number of halogens is 1. The number of anilines is 2. The van der Waals surface area contributed by atoms with Crippen molar-refractivity contribution in [2.24, 2.45) is 0 Å². The molecule has 2 amide bonds. The maximum absolute atomic E-state index is 13.3. The third-order valence-electron chi connectivity index (χ3n) is 5.50. The van der Waals surface area contributed by atoms with Gasteiger partial charge in [0.1, 0.15) is 5.82 Å². The fourth-order valence-corrected chi connectivity index (χ4v) is 3.64. The summed E-state index contributed by atoms with van der Waals surface area (Å²) in [6.07, 6.45) is 3.43. The zero-order valence-corrected chi connectivity index (χ0v) is 19.2. The highest BCUT2D eigenvalue weighted by Crippen LogP contribution is 2.21. The fraction of sp³-hybridized carbons (Fsp3) is 0.0357. The van der Waals surface area contributed by atoms with E-state index in [1.165, 1.54) is 18.2 Å². The third kappa shape index (κ3) is 5.07. The van der Waals surface area contributed by atoms with E-state index in [1.54, 1.807) is 60.9 Å². The van der Waals surface area contributed by atoms with Gasteiger partial charge in [-0.15, -0.1) is 0 Å². The molecular formula is C28H20FN5O2. The van der Waals surface area contributed by atoms with E-state index in [0.717, 1.165) is 11.3 Å². The topological polar surface area (TPSA) is 96.9 Å². The van der Waals surface area contributed by atoms with Gasteiger partial charge in [0.05, 0.1) is 22.9 Å². The minimum Gasteiger partial charge on any atom is -0.308 e. The number of hydrogen-bond donors (Lipinski definition) is 2. The molecule has 36 heavy (non-hydrogen) atoms. The van der Waals surface area contributed by atoms with Crippen molar-refractivity contribution in [2.75, 3.05) is 10.6 Å². The number of rotatable bonds is 5. The molecule has 0 aliphatic rings. The normalized spacial score (nSPS) is 10.7. The number of hydrogen-bond acceptors (Lipinski definition) is 5. The van der Waals surface area contributed by atoms with Gasteiger partial charge < -0.3 is 10.6 Å². The van der Waals surface area contributed by atoms with Crippen LogP contribution >= 0.6 is 0 Å². The minimum atomic E-state index is -0.521. The van der Waals surface area contributed by atoms with Crippen LogP contribution in [0.15, 0.2) is 91.3 Å². The molecule has 5 rings (SSSR count). The molecule has 3 aromatic carbocycles. The quantitative estimate of drug-likeness (QED) is 0.302. The molecule has 0 aliphatic heterocycles. The number of benzene rings is 3. The molecule has 7 nitrogen and oxygen atoms in total. The molecule has 0 atom stereocenters. The van der Waals surface area contributed by atoms with Crippen molar-refractivity contribution in [1.29, 1.82) is 0 Å². The zero-order chi connectivity index (χ0) is 25.1. The van der Waals surface area contributed by atoms with Crippen LogP contribution in [0.5, 0.6) is 0 Å². The lowest BCUT2D eigenvalue weighted by molar-refractivity contribution is 0.103. The summed E-state index contributed by atoms with van der Waals surface area (Å²) < 4.78 is 13.3. The van der Waals surface area contributed by atoms with Gasteiger partial charge in [-0.3, -0.25) is 14.8 Å². The molecule has 2 aromatic heterocycles. The van der Waals surface area contributed by atoms with E-state index in [2.05, 4.69) is 25.6 Å². The van der Waals surface area contributed by atoms with Gasteiger partial charge in [0.2, 0.25) is 0 Å². The molecule has 0 fully saturated rings. The van der Waals surface area contributed by atoms with Gasteiger partial charge in [0, 0.05) is 40.0 Å². The van der Waals surface area contributed by atoms with Crippen LogP contribution in [0.25, 0.3) is 22.3 Å². The number of fused-ring (bicyclic) bond motifs is 1. The monoisotopic (exact) mass is 477 g/mol. The summed E-state index contributed by atoms with van der Waals surface area (Å²) in [5, 5.41) is 5.21. The first-order chi connectivity index (χ1) is 17.4. The highest BCUT2D eigenvalue weighted by Gasteiger charge is 2.12. The predicted octanol–water partition coefficient (Wildman–Crippen LogP) is 6.01. The SMILES string of the molecule is Cc1ccc(-c2cnc3ccc(C(=O)c4ccc(NC(=O)Nc5cccc(F)c5)cc4)cc3n2)cn1. The molecule has 2 heterocycles. The maximum Gasteiger partial charge on any atom is 0.323 e. The van der Waals surface area contributed by atoms with Crippen molar-refractivity contribution in [3.63, 3.8) is 0 Å². The van der Waals surface area contributed by atoms with Crippen LogP contribution in [0, 0.1) is 12.7 Å². The van der Waals surface area contributed by atoms with E-state index >= 15 is 0 Å². The first-order valence-corrected chi connectivity index (χ1v) is 11.1. The average molecular weight is 477 g/mol. The number of pyridine rings is 1. The number of amides is 2. The summed E-state index contributed by atoms with van der Waals surface area (Å²) in [5.74, 6) is -0.629. The van der Waals surface area contributed by atoms with E-state index in [4.69, 9.17) is 0 Å². The minimum absolute atomic E-state index is 0.183. The Hall–Kier alpha value is -4.98. The van der Waals surface area contributed by atoms with Crippen LogP contribution in [0.2, 0.25) is 0 Å². The Bertz CT molecular complexity index is 1580. The molecule has 0 radical (unpaired) electrons. The number of aromatic nitrogens is 3. The summed E-state index contributed by atoms with van der Waals surface area (Å²) in [6.45, 7) is 1.91. The Labute approximate surface area is 206 Å². The molecule has 2 N–H and O–H groups in total. The Morgan fingerprint density at radius 3 is 2.28 bits per heavy atom. The number of urea groups is 1. The summed E-state index contributed by atoms with van der Waals surface area (Å²) in [4.78, 5) is 38.7. The van der Waals surface area contributed by atoms with Crippen LogP contribution in [-0.2, 0) is 0 Å². The van der Waals surface area contributed by atoms with Crippen LogP contribution in [0.4, 0.5) is 20.6 Å². The Kier molecular flexibility index (Phi) is 6.15. The fourth-order valence-electron chi connectivity index (χ4n) is 3.64. The van der Waals surface area contributed by atoms with Gasteiger partial charge in [-0.05, 0) is 79.7 Å². The molecule has 0 bridgehead atoms. The van der Waals surface area contributed by atoms with Crippen molar-refractivity contribution in [1.82, 2.24) is 15.0 Å². The van der Waals surface area contributed by atoms with Gasteiger partial charge >= 0.3 is 6.03 Å². The third-order valence-corrected chi connectivity index (χ3v) is 5.50. The second-order valence-corrected chi connectivity index (χ2v) is 8.14. The maximum atomic E-state index is 13.3. The van der Waals surface area contributed by atoms with Crippen molar-refractivity contribution < 1.29 is 14.0 Å². The second-order valence-electron chi connectivity index (χ2n) is 8.14. The van der Waals surface area contributed by atoms with E-state index in [9.17, 15) is 14.0 Å². The number of aryl methyl sites for hydroxylation is 1. The van der Waals surface area contributed by atoms with Crippen LogP contribution in [-0.4, -0.2) is 26.8 Å². The standard InChI is InChI=1S/C28H20FN5O2/c1-17-5-6-20(15-30-17)26-16-31-24-12-9-19(13-25(24)34-26)27(35)18-7-10-22(11-8-18)32-28(36)33-23-4-2-3-21(29)14-23/h2-16H,1H3,(H2,32,33,36). The van der Waals surface area contributed by atoms with Gasteiger partial charge in [0.15, 0.2) is 5.78 Å². The van der Waals surface area contributed by atoms with Gasteiger partial charge in [0.25, 0.3) is 0 Å². The smallest absolute Gasteiger partial charge is 0.308 e. The molecule has 0 saturated heterocycles. The molecular weight excluding hydrogens is 457 g/mol. The Morgan fingerprint density at radius 1 is 0.750 bits per heavy atom. The van der Waals surface area contributed by atoms with Gasteiger partial charge in [-0.1, -0.05) is 6.07 Å². The van der Waals surface area contributed by atoms with Crippen molar-refractivity contribution >= 4 is 34.2 Å². The van der Waals surface area contributed by atoms with Crippen LogP contribution in [0.3, 0.4) is 0 Å². The van der Waals surface area contributed by atoms with Crippen molar-refractivity contribution in [2.45, 2.75) is 6.92 Å².